The van der Waals surface area contributed by atoms with Crippen LogP contribution in [0.2, 0.25) is 0 Å². The van der Waals surface area contributed by atoms with Gasteiger partial charge in [0.25, 0.3) is 0 Å². The lowest BCUT2D eigenvalue weighted by atomic mass is 10.1. The summed E-state index contributed by atoms with van der Waals surface area (Å²) in [6, 6.07) is 12.0. The van der Waals surface area contributed by atoms with Gasteiger partial charge < -0.3 is 15.4 Å². The third-order valence-electron chi connectivity index (χ3n) is 5.67. The minimum Gasteiger partial charge on any atom is -0.379 e. The predicted molar refractivity (Wildman–Crippen MR) is 133 cm³/mol. The fourth-order valence-electron chi connectivity index (χ4n) is 3.97. The number of likely N-dealkylation sites (N-methyl/N-ethyl adjacent to an activating group) is 1. The van der Waals surface area contributed by atoms with Crippen molar-refractivity contribution in [3.05, 3.63) is 35.9 Å². The summed E-state index contributed by atoms with van der Waals surface area (Å²) in [4.78, 5) is 9.42. The Kier molecular flexibility index (Phi) is 12.8. The molecule has 0 aliphatic carbocycles. The minimum absolute atomic E-state index is 0. The van der Waals surface area contributed by atoms with Crippen LogP contribution in [0.25, 0.3) is 0 Å². The Balaban J connectivity index is 0.00000420. The van der Waals surface area contributed by atoms with E-state index in [1.807, 2.05) is 7.05 Å². The zero-order chi connectivity index (χ0) is 20.4. The van der Waals surface area contributed by atoms with E-state index in [0.29, 0.717) is 18.1 Å². The van der Waals surface area contributed by atoms with Gasteiger partial charge in [0.1, 0.15) is 0 Å². The molecule has 1 aliphatic heterocycles. The Morgan fingerprint density at radius 2 is 1.86 bits per heavy atom. The number of hydrogen-bond donors (Lipinski definition) is 2. The van der Waals surface area contributed by atoms with Crippen LogP contribution >= 0.6 is 24.0 Å². The van der Waals surface area contributed by atoms with Crippen LogP contribution in [0.15, 0.2) is 35.3 Å². The molecule has 166 valence electrons. The number of morpholine rings is 1. The first-order valence-electron chi connectivity index (χ1n) is 10.7. The van der Waals surface area contributed by atoms with Gasteiger partial charge in [0.05, 0.1) is 19.3 Å². The Morgan fingerprint density at radius 1 is 1.21 bits per heavy atom. The number of guanidine groups is 1. The molecule has 29 heavy (non-hydrogen) atoms. The molecule has 7 heteroatoms. The Morgan fingerprint density at radius 3 is 2.45 bits per heavy atom. The first-order valence-corrected chi connectivity index (χ1v) is 10.7. The molecule has 3 unspecified atom stereocenters. The van der Waals surface area contributed by atoms with E-state index < -0.39 is 0 Å². The van der Waals surface area contributed by atoms with Gasteiger partial charge in [-0.25, -0.2) is 0 Å². The average Bonchev–Trinajstić information content (AvgIpc) is 2.73. The Labute approximate surface area is 194 Å². The fraction of sp³-hybridized carbons (Fsp3) is 0.682. The molecule has 6 nitrogen and oxygen atoms in total. The lowest BCUT2D eigenvalue weighted by Gasteiger charge is -2.38. The topological polar surface area (TPSA) is 52.1 Å². The maximum absolute atomic E-state index is 5.56. The summed E-state index contributed by atoms with van der Waals surface area (Å²) < 4.78 is 5.56. The molecule has 1 fully saturated rings. The van der Waals surface area contributed by atoms with Gasteiger partial charge in [0.15, 0.2) is 5.96 Å². The summed E-state index contributed by atoms with van der Waals surface area (Å²) in [5.41, 5.74) is 1.34. The van der Waals surface area contributed by atoms with E-state index >= 15 is 0 Å². The summed E-state index contributed by atoms with van der Waals surface area (Å²) in [6.07, 6.45) is 0. The van der Waals surface area contributed by atoms with E-state index in [0.717, 1.165) is 51.9 Å². The molecule has 1 heterocycles. The van der Waals surface area contributed by atoms with Gasteiger partial charge in [-0.05, 0) is 32.5 Å². The largest absolute Gasteiger partial charge is 0.379 e. The molecule has 3 atom stereocenters. The highest BCUT2D eigenvalue weighted by Gasteiger charge is 2.24. The van der Waals surface area contributed by atoms with Crippen LogP contribution < -0.4 is 10.6 Å². The van der Waals surface area contributed by atoms with E-state index in [-0.39, 0.29) is 24.0 Å². The third kappa shape index (κ3) is 8.03. The number of hydrogen-bond acceptors (Lipinski definition) is 4. The quantitative estimate of drug-likeness (QED) is 0.300. The lowest BCUT2D eigenvalue weighted by molar-refractivity contribution is -0.0174. The van der Waals surface area contributed by atoms with Crippen molar-refractivity contribution >= 4 is 29.9 Å². The van der Waals surface area contributed by atoms with Gasteiger partial charge in [-0.2, -0.15) is 0 Å². The van der Waals surface area contributed by atoms with Crippen LogP contribution in [-0.2, 0) is 4.74 Å². The molecule has 0 aromatic heterocycles. The van der Waals surface area contributed by atoms with Gasteiger partial charge in [-0.3, -0.25) is 14.8 Å². The molecule has 0 radical (unpaired) electrons. The van der Waals surface area contributed by atoms with E-state index in [1.54, 1.807) is 0 Å². The van der Waals surface area contributed by atoms with Crippen molar-refractivity contribution in [3.63, 3.8) is 0 Å². The molecule has 2 N–H and O–H groups in total. The summed E-state index contributed by atoms with van der Waals surface area (Å²) in [5.74, 6) is 0.862. The highest BCUT2D eigenvalue weighted by molar-refractivity contribution is 14.0. The number of nitrogens with one attached hydrogen (secondary N) is 2. The molecule has 1 aliphatic rings. The molecule has 2 rings (SSSR count). The summed E-state index contributed by atoms with van der Waals surface area (Å²) >= 11 is 0. The number of rotatable bonds is 9. The number of ether oxygens (including phenoxy) is 1. The maximum Gasteiger partial charge on any atom is 0.191 e. The molecule has 0 bridgehead atoms. The van der Waals surface area contributed by atoms with Crippen molar-refractivity contribution in [2.75, 3.05) is 53.0 Å². The second-order valence-electron chi connectivity index (χ2n) is 7.49. The second kappa shape index (κ2) is 14.2. The zero-order valence-corrected chi connectivity index (χ0v) is 21.1. The Bertz CT molecular complexity index is 582. The van der Waals surface area contributed by atoms with Crippen molar-refractivity contribution in [1.82, 2.24) is 20.4 Å². The predicted octanol–water partition coefficient (Wildman–Crippen LogP) is 2.96. The molecule has 1 aromatic carbocycles. The maximum atomic E-state index is 5.56. The van der Waals surface area contributed by atoms with Gasteiger partial charge in [0.2, 0.25) is 0 Å². The van der Waals surface area contributed by atoms with Gasteiger partial charge in [-0.1, -0.05) is 44.2 Å². The highest BCUT2D eigenvalue weighted by Crippen LogP contribution is 2.19. The van der Waals surface area contributed by atoms with Crippen LogP contribution in [0.4, 0.5) is 0 Å². The first kappa shape index (κ1) is 26.1. The van der Waals surface area contributed by atoms with E-state index in [1.165, 1.54) is 5.56 Å². The van der Waals surface area contributed by atoms with Gasteiger partial charge in [0, 0.05) is 38.8 Å². The lowest BCUT2D eigenvalue weighted by Crippen LogP contribution is -2.53. The molecule has 0 spiro atoms. The average molecular weight is 518 g/mol. The molecule has 0 amide bonds. The van der Waals surface area contributed by atoms with Crippen molar-refractivity contribution in [3.8, 4) is 0 Å². The summed E-state index contributed by atoms with van der Waals surface area (Å²) in [7, 11) is 1.84. The number of nitrogens with zero attached hydrogens (tertiary/aromatic N) is 3. The van der Waals surface area contributed by atoms with Gasteiger partial charge in [-0.15, -0.1) is 24.0 Å². The molecular weight excluding hydrogens is 477 g/mol. The SMILES string of the molecule is CCN(CC)C(CNC(=NC)NCC(C)N1CCOCC1C)c1ccccc1.I. The van der Waals surface area contributed by atoms with Crippen LogP contribution in [0, 0.1) is 0 Å². The van der Waals surface area contributed by atoms with Crippen LogP contribution in [0.3, 0.4) is 0 Å². The van der Waals surface area contributed by atoms with Crippen molar-refractivity contribution in [2.24, 2.45) is 4.99 Å². The van der Waals surface area contributed by atoms with Crippen LogP contribution in [0.5, 0.6) is 0 Å². The van der Waals surface area contributed by atoms with Crippen molar-refractivity contribution < 1.29 is 4.74 Å². The zero-order valence-electron chi connectivity index (χ0n) is 18.7. The smallest absolute Gasteiger partial charge is 0.191 e. The van der Waals surface area contributed by atoms with E-state index in [2.05, 4.69) is 83.5 Å². The monoisotopic (exact) mass is 517 g/mol. The molecule has 0 saturated carbocycles. The Hall–Kier alpha value is -0.900. The second-order valence-corrected chi connectivity index (χ2v) is 7.49. The summed E-state index contributed by atoms with van der Waals surface area (Å²) in [6.45, 7) is 15.3. The number of halogens is 1. The minimum atomic E-state index is 0. The molecule has 1 saturated heterocycles. The number of benzene rings is 1. The third-order valence-corrected chi connectivity index (χ3v) is 5.67. The number of aliphatic imine (C=N–C) groups is 1. The normalized spacial score (nSPS) is 20.1. The van der Waals surface area contributed by atoms with E-state index in [4.69, 9.17) is 4.74 Å². The van der Waals surface area contributed by atoms with Crippen molar-refractivity contribution in [1.29, 1.82) is 0 Å². The summed E-state index contributed by atoms with van der Waals surface area (Å²) in [5, 5.41) is 7.05. The highest BCUT2D eigenvalue weighted by atomic mass is 127. The van der Waals surface area contributed by atoms with Gasteiger partial charge >= 0.3 is 0 Å². The first-order chi connectivity index (χ1) is 13.6. The standard InChI is InChI=1S/C22H39N5O.HI/c1-6-26(7-2)21(20-11-9-8-10-12-20)16-25-22(23-5)24-15-18(3)27-13-14-28-17-19(27)4;/h8-12,18-19,21H,6-7,13-17H2,1-5H3,(H2,23,24,25);1H. The van der Waals surface area contributed by atoms with Crippen LogP contribution in [0.1, 0.15) is 39.3 Å². The van der Waals surface area contributed by atoms with Crippen LogP contribution in [-0.4, -0.2) is 80.8 Å². The fourth-order valence-corrected chi connectivity index (χ4v) is 3.97. The molecular formula is C22H40IN5O. The molecule has 1 aromatic rings. The van der Waals surface area contributed by atoms with Crippen molar-refractivity contribution in [2.45, 2.75) is 45.8 Å². The van der Waals surface area contributed by atoms with E-state index in [9.17, 15) is 0 Å².